The molecule has 8 N–H and O–H groups in total. The standard InChI is InChI=1S/C90H107Cl2N11O23S2/c1-47(2)77(99-84(112)64(96-50(5)104)24-16-17-32-95-88(115)119-43-63-61-22-14-12-20-59(61)60-21-13-15-23-62(60)63)85(113)98-65(25-19-33-94-87(93)114)83(111)97-58-30-28-55(29-31-58)42-120-89(116)100(10)34-35-101(11)90(117)126-69-37-67-76(74-49(4)46-128-82(69)74)57(39-92)41-103(67)72(110)27-18-26-71(109)102-40-56(38-91)75-66(102)36-68(81-73(75)48(3)45-127-81)124-86-80(123-54(9)108)79(122-53(8)107)78(121-52(7)106)70(125-86)44-118-51(6)105/h12-15,20-23,28-31,36-37,45-47,56-57,63-65,70,77-80,86H,16-19,24-27,32-35,38-44H2,1-11H3,(H,95,115)(H,96,104)(H,97,111)(H,98,113)(H,99,112)(H3,93,94,114)/t56-,57-,64+,65+,70-,77+,78-,79+,80-,86-/m1/s1. The van der Waals surface area contributed by atoms with Crippen molar-refractivity contribution in [3.63, 3.8) is 0 Å². The molecule has 5 aromatic carbocycles. The van der Waals surface area contributed by atoms with Crippen LogP contribution in [-0.2, 0) is 87.7 Å². The van der Waals surface area contributed by atoms with Gasteiger partial charge in [-0.1, -0.05) is 74.5 Å². The second-order valence-electron chi connectivity index (χ2n) is 32.3. The van der Waals surface area contributed by atoms with E-state index >= 15 is 0 Å². The third kappa shape index (κ3) is 23.9. The normalized spacial score (nSPS) is 17.8. The molecule has 34 nitrogen and oxygen atoms in total. The number of likely N-dealkylation sites (N-methyl/N-ethyl adjacent to an activating group) is 2. The molecule has 1 saturated heterocycles. The molecule has 2 aromatic heterocycles. The number of fused-ring (bicyclic) bond motifs is 9. The van der Waals surface area contributed by atoms with Gasteiger partial charge in [-0.15, -0.1) is 45.9 Å². The number of halogens is 2. The zero-order valence-corrected chi connectivity index (χ0v) is 76.1. The highest BCUT2D eigenvalue weighted by Gasteiger charge is 2.54. The van der Waals surface area contributed by atoms with E-state index in [0.717, 1.165) is 83.0 Å². The number of anilines is 3. The Hall–Kier alpha value is -11.9. The number of hydrogen-bond donors (Lipinski definition) is 7. The first-order valence-electron chi connectivity index (χ1n) is 42.1. The van der Waals surface area contributed by atoms with Crippen LogP contribution in [0.2, 0.25) is 0 Å². The van der Waals surface area contributed by atoms with Crippen LogP contribution in [0.5, 0.6) is 11.5 Å². The summed E-state index contributed by atoms with van der Waals surface area (Å²) in [5.41, 5.74) is 14.8. The molecule has 686 valence electrons. The first-order valence-corrected chi connectivity index (χ1v) is 45.0. The third-order valence-electron chi connectivity index (χ3n) is 22.4. The molecular formula is C90H107Cl2N11O23S2. The molecule has 3 aliphatic heterocycles. The minimum Gasteiger partial charge on any atom is -0.463 e. The Morgan fingerprint density at radius 2 is 1.10 bits per heavy atom. The SMILES string of the molecule is CC(=O)N[C@@H](CCCCNC(=O)OCC1c2ccccc2-c2ccccc21)C(=O)N[C@H](C(=O)N[C@@H](CCCNC(N)=O)C(=O)Nc1ccc(COC(=O)N(C)CCN(C)C(=O)Oc2cc3c(c4c(C)csc24)[C@H](CCl)CN3C(=O)CCCC(=O)N2C[C@@H](CCl)c3c2cc(O[C@@H]2O[C@H](COC(C)=O)[C@@H](OC(C)=O)[C@H](OC(C)=O)[C@H]2OC(C)=O)c2scc(C)c32)cc1)C(C)C. The largest absolute Gasteiger partial charge is 0.463 e. The number of unbranched alkanes of at least 4 members (excludes halogenated alkanes) is 1. The van der Waals surface area contributed by atoms with Crippen LogP contribution in [0.15, 0.2) is 95.7 Å². The maximum atomic E-state index is 14.7. The smallest absolute Gasteiger partial charge is 0.415 e. The van der Waals surface area contributed by atoms with Crippen LogP contribution in [-0.4, -0.2) is 221 Å². The number of hydrogen-bond acceptors (Lipinski definition) is 25. The van der Waals surface area contributed by atoms with Gasteiger partial charge in [0.1, 0.15) is 49.8 Å². The van der Waals surface area contributed by atoms with Crippen molar-refractivity contribution in [2.45, 2.75) is 187 Å². The predicted molar refractivity (Wildman–Crippen MR) is 478 cm³/mol. The van der Waals surface area contributed by atoms with E-state index in [1.165, 1.54) is 53.5 Å². The molecule has 38 heteroatoms. The van der Waals surface area contributed by atoms with Gasteiger partial charge < -0.3 is 99.9 Å². The summed E-state index contributed by atoms with van der Waals surface area (Å²) in [6.07, 6.45) is -8.31. The summed E-state index contributed by atoms with van der Waals surface area (Å²) in [5, 5.41) is 21.6. The Kier molecular flexibility index (Phi) is 33.4. The van der Waals surface area contributed by atoms with E-state index in [4.69, 9.17) is 71.6 Å². The number of carbonyl (C=O) groups excluding carboxylic acids is 14. The summed E-state index contributed by atoms with van der Waals surface area (Å²) in [4.78, 5) is 192. The number of benzene rings is 5. The molecule has 0 spiro atoms. The van der Waals surface area contributed by atoms with Crippen LogP contribution in [0.25, 0.3) is 31.3 Å². The number of nitrogens with zero attached hydrogens (tertiary/aromatic N) is 4. The summed E-state index contributed by atoms with van der Waals surface area (Å²) >= 11 is 16.1. The van der Waals surface area contributed by atoms with Gasteiger partial charge in [0.15, 0.2) is 18.0 Å². The minimum absolute atomic E-state index is 0.00445. The van der Waals surface area contributed by atoms with Gasteiger partial charge in [0.25, 0.3) is 0 Å². The molecule has 7 aromatic rings. The average molecular weight is 1850 g/mol. The Bertz CT molecular complexity index is 5280. The average Bonchev–Trinajstić information content (AvgIpc) is 1.59. The molecule has 1 fully saturated rings. The highest BCUT2D eigenvalue weighted by molar-refractivity contribution is 7.18. The van der Waals surface area contributed by atoms with Crippen molar-refractivity contribution in [3.8, 4) is 22.6 Å². The van der Waals surface area contributed by atoms with Crippen molar-refractivity contribution in [2.75, 3.05) is 93.5 Å². The summed E-state index contributed by atoms with van der Waals surface area (Å²) in [7, 11) is 3.00. The Balaban J connectivity index is 0.661. The van der Waals surface area contributed by atoms with E-state index in [9.17, 15) is 67.1 Å². The molecule has 0 radical (unpaired) electrons. The van der Waals surface area contributed by atoms with Crippen molar-refractivity contribution in [1.82, 2.24) is 36.4 Å². The summed E-state index contributed by atoms with van der Waals surface area (Å²) in [6.45, 7) is 13.1. The van der Waals surface area contributed by atoms with E-state index < -0.39 is 133 Å². The fourth-order valence-corrected chi connectivity index (χ4v) is 18.8. The van der Waals surface area contributed by atoms with E-state index in [-0.39, 0.29) is 144 Å². The molecule has 10 atom stereocenters. The number of nitrogens with one attached hydrogen (secondary N) is 6. The number of aryl methyl sites for hydroxylation is 2. The van der Waals surface area contributed by atoms with E-state index in [1.807, 2.05) is 73.1 Å². The van der Waals surface area contributed by atoms with Crippen molar-refractivity contribution >= 4 is 167 Å². The number of alkyl halides is 2. The number of thiophene rings is 2. The maximum Gasteiger partial charge on any atom is 0.415 e. The van der Waals surface area contributed by atoms with E-state index in [1.54, 1.807) is 60.0 Å². The quantitative estimate of drug-likeness (QED) is 0.00818. The highest BCUT2D eigenvalue weighted by atomic mass is 35.5. The number of alkyl carbamates (subject to hydrolysis) is 1. The number of amides is 11. The van der Waals surface area contributed by atoms with Crippen molar-refractivity contribution in [3.05, 3.63) is 135 Å². The number of rotatable bonds is 38. The molecule has 0 unspecified atom stereocenters. The lowest BCUT2D eigenvalue weighted by Crippen LogP contribution is -2.63. The zero-order valence-electron chi connectivity index (χ0n) is 72.9. The zero-order chi connectivity index (χ0) is 92.5. The third-order valence-corrected chi connectivity index (χ3v) is 25.4. The summed E-state index contributed by atoms with van der Waals surface area (Å²) in [5.74, 6) is -6.89. The van der Waals surface area contributed by atoms with Gasteiger partial charge in [0.05, 0.1) is 20.8 Å². The first kappa shape index (κ1) is 96.8. The molecule has 11 amide bonds. The van der Waals surface area contributed by atoms with Gasteiger partial charge in [0.2, 0.25) is 47.8 Å². The van der Waals surface area contributed by atoms with Gasteiger partial charge in [-0.2, -0.15) is 0 Å². The summed E-state index contributed by atoms with van der Waals surface area (Å²) in [6, 6.07) is 21.5. The molecule has 0 bridgehead atoms. The van der Waals surface area contributed by atoms with Crippen LogP contribution in [0.1, 0.15) is 157 Å². The summed E-state index contributed by atoms with van der Waals surface area (Å²) < 4.78 is 53.9. The molecule has 4 aliphatic rings. The highest BCUT2D eigenvalue weighted by Crippen LogP contribution is 2.52. The van der Waals surface area contributed by atoms with Gasteiger partial charge in [-0.3, -0.25) is 47.9 Å². The van der Waals surface area contributed by atoms with Crippen LogP contribution >= 0.6 is 45.9 Å². The minimum atomic E-state index is -1.58. The fourth-order valence-electron chi connectivity index (χ4n) is 16.2. The maximum absolute atomic E-state index is 14.7. The second-order valence-corrected chi connectivity index (χ2v) is 34.7. The molecular weight excluding hydrogens is 1740 g/mol. The second kappa shape index (κ2) is 44.2. The topological polar surface area (TPSA) is 433 Å². The molecule has 11 rings (SSSR count). The van der Waals surface area contributed by atoms with Gasteiger partial charge >= 0.3 is 48.2 Å². The lowest BCUT2D eigenvalue weighted by Gasteiger charge is -2.44. The fraction of sp³-hybridized carbons (Fsp3) is 0.467. The molecule has 0 saturated carbocycles. The monoisotopic (exact) mass is 1840 g/mol. The molecule has 1 aliphatic carbocycles. The van der Waals surface area contributed by atoms with Gasteiger partial charge in [0, 0.05) is 159 Å². The number of urea groups is 1. The van der Waals surface area contributed by atoms with Crippen LogP contribution in [0.4, 0.5) is 36.2 Å². The molecule has 5 heterocycles. The number of carbonyl (C=O) groups is 14. The predicted octanol–water partition coefficient (Wildman–Crippen LogP) is 11.3. The number of nitrogens with two attached hydrogens (primary N) is 1. The number of ether oxygens (including phenoxy) is 9. The van der Waals surface area contributed by atoms with Gasteiger partial charge in [-0.05, 0) is 131 Å². The Morgan fingerprint density at radius 3 is 1.66 bits per heavy atom. The van der Waals surface area contributed by atoms with E-state index in [0.29, 0.717) is 44.9 Å². The van der Waals surface area contributed by atoms with Crippen molar-refractivity contribution in [1.29, 1.82) is 0 Å². The van der Waals surface area contributed by atoms with Crippen LogP contribution in [0.3, 0.4) is 0 Å². The van der Waals surface area contributed by atoms with Crippen LogP contribution in [0, 0.1) is 19.8 Å². The first-order chi connectivity index (χ1) is 61.1. The Morgan fingerprint density at radius 1 is 0.570 bits per heavy atom. The van der Waals surface area contributed by atoms with Crippen LogP contribution < -0.4 is 56.9 Å². The number of primary amides is 1. The Labute approximate surface area is 757 Å². The lowest BCUT2D eigenvalue weighted by atomic mass is 9.96. The lowest BCUT2D eigenvalue weighted by molar-refractivity contribution is -0.288. The van der Waals surface area contributed by atoms with E-state index in [2.05, 4.69) is 31.9 Å². The van der Waals surface area contributed by atoms with Gasteiger partial charge in [-0.25, -0.2) is 19.2 Å². The van der Waals surface area contributed by atoms with Crippen molar-refractivity contribution < 1.29 is 110 Å². The number of esters is 4. The molecule has 128 heavy (non-hydrogen) atoms. The van der Waals surface area contributed by atoms with Crippen molar-refractivity contribution in [2.24, 2.45) is 11.7 Å².